The maximum atomic E-state index is 12.9. The summed E-state index contributed by atoms with van der Waals surface area (Å²) in [5.74, 6) is -5.35. The quantitative estimate of drug-likeness (QED) is 0.0980. The first-order valence-corrected chi connectivity index (χ1v) is 11.1. The van der Waals surface area contributed by atoms with Gasteiger partial charge in [0.15, 0.2) is 0 Å². The van der Waals surface area contributed by atoms with E-state index in [9.17, 15) is 33.9 Å². The molecule has 0 saturated heterocycles. The van der Waals surface area contributed by atoms with Gasteiger partial charge in [-0.25, -0.2) is 9.78 Å². The zero-order valence-corrected chi connectivity index (χ0v) is 19.6. The molecule has 1 rings (SSSR count). The molecule has 0 radical (unpaired) electrons. The average Bonchev–Trinajstić information content (AvgIpc) is 3.30. The Balaban J connectivity index is 2.90. The molecule has 0 fully saturated rings. The molecule has 194 valence electrons. The Labute approximate surface area is 205 Å². The summed E-state index contributed by atoms with van der Waals surface area (Å²) < 4.78 is 0. The van der Waals surface area contributed by atoms with Crippen molar-refractivity contribution in [2.45, 2.75) is 56.3 Å². The highest BCUT2D eigenvalue weighted by Crippen LogP contribution is 2.04. The highest BCUT2D eigenvalue weighted by Gasteiger charge is 2.30. The number of rotatable bonds is 16. The van der Waals surface area contributed by atoms with Crippen molar-refractivity contribution in [2.75, 3.05) is 5.75 Å². The van der Waals surface area contributed by atoms with Crippen molar-refractivity contribution in [3.8, 4) is 0 Å². The van der Waals surface area contributed by atoms with E-state index in [1.54, 1.807) is 0 Å². The molecule has 0 saturated carbocycles. The Kier molecular flexibility index (Phi) is 12.2. The second kappa shape index (κ2) is 14.6. The zero-order valence-electron chi connectivity index (χ0n) is 18.7. The summed E-state index contributed by atoms with van der Waals surface area (Å²) in [6, 6.07) is -5.02. The van der Waals surface area contributed by atoms with Gasteiger partial charge in [-0.1, -0.05) is 0 Å². The summed E-state index contributed by atoms with van der Waals surface area (Å²) in [7, 11) is 0. The van der Waals surface area contributed by atoms with Crippen molar-refractivity contribution >= 4 is 48.1 Å². The third-order valence-corrected chi connectivity index (χ3v) is 5.13. The van der Waals surface area contributed by atoms with Gasteiger partial charge in [0.2, 0.25) is 29.5 Å². The highest BCUT2D eigenvalue weighted by atomic mass is 32.1. The largest absolute Gasteiger partial charge is 0.480 e. The maximum Gasteiger partial charge on any atom is 0.326 e. The number of primary amides is 2. The molecule has 4 unspecified atom stereocenters. The minimum absolute atomic E-state index is 0.0386. The number of nitrogens with one attached hydrogen (secondary N) is 4. The molecule has 0 spiro atoms. The van der Waals surface area contributed by atoms with E-state index in [2.05, 4.69) is 38.5 Å². The molecular weight excluding hydrogens is 484 g/mol. The average molecular weight is 515 g/mol. The van der Waals surface area contributed by atoms with Crippen molar-refractivity contribution in [3.05, 3.63) is 18.2 Å². The summed E-state index contributed by atoms with van der Waals surface area (Å²) in [6.45, 7) is 0. The first-order chi connectivity index (χ1) is 16.4. The fourth-order valence-corrected chi connectivity index (χ4v) is 3.07. The molecule has 0 aliphatic heterocycles. The number of carbonyl (C=O) groups excluding carboxylic acids is 5. The topological polar surface area (TPSA) is 265 Å². The predicted molar refractivity (Wildman–Crippen MR) is 124 cm³/mol. The molecule has 1 aromatic heterocycles. The van der Waals surface area contributed by atoms with E-state index in [0.717, 1.165) is 0 Å². The first kappa shape index (κ1) is 29.4. The van der Waals surface area contributed by atoms with E-state index < -0.39 is 59.7 Å². The Morgan fingerprint density at radius 1 is 0.914 bits per heavy atom. The van der Waals surface area contributed by atoms with E-state index in [4.69, 9.17) is 17.2 Å². The number of amides is 5. The van der Waals surface area contributed by atoms with E-state index in [-0.39, 0.29) is 37.9 Å². The monoisotopic (exact) mass is 514 g/mol. The van der Waals surface area contributed by atoms with Gasteiger partial charge >= 0.3 is 5.97 Å². The Hall–Kier alpha value is -3.66. The van der Waals surface area contributed by atoms with Crippen LogP contribution in [0.3, 0.4) is 0 Å². The highest BCUT2D eigenvalue weighted by molar-refractivity contribution is 7.80. The summed E-state index contributed by atoms with van der Waals surface area (Å²) >= 11 is 4.03. The van der Waals surface area contributed by atoms with Gasteiger partial charge in [-0.15, -0.1) is 0 Å². The predicted octanol–water partition coefficient (Wildman–Crippen LogP) is -3.72. The number of aromatic amines is 1. The summed E-state index contributed by atoms with van der Waals surface area (Å²) in [5, 5.41) is 16.4. The molecule has 0 aromatic carbocycles. The van der Waals surface area contributed by atoms with Gasteiger partial charge in [0.1, 0.15) is 18.1 Å². The number of imidazole rings is 1. The Morgan fingerprint density at radius 2 is 1.46 bits per heavy atom. The Morgan fingerprint density at radius 3 is 1.97 bits per heavy atom. The standard InChI is InChI=1S/C19H30N8O7S/c20-10(1-3-14(21)28)16(30)26-12(5-9-6-23-8-24-9)17(31)27-13(7-35)18(32)25-11(19(33)34)2-4-15(22)29/h6,8,10-13,35H,1-5,7,20H2,(H2,21,28)(H2,22,29)(H,23,24)(H,25,32)(H,26,30)(H,27,31)(H,33,34). The van der Waals surface area contributed by atoms with Crippen LogP contribution in [-0.4, -0.2) is 80.5 Å². The van der Waals surface area contributed by atoms with Crippen molar-refractivity contribution in [3.63, 3.8) is 0 Å². The van der Waals surface area contributed by atoms with Gasteiger partial charge in [-0.05, 0) is 12.8 Å². The number of hydrogen-bond acceptors (Lipinski definition) is 9. The number of carboxylic acid groups (broad SMARTS) is 1. The lowest BCUT2D eigenvalue weighted by Gasteiger charge is -2.24. The number of hydrogen-bond donors (Lipinski definition) is 9. The second-order valence-electron chi connectivity index (χ2n) is 7.60. The number of nitrogens with zero attached hydrogens (tertiary/aromatic N) is 1. The SMILES string of the molecule is NC(=O)CCC(N)C(=O)NC(Cc1cnc[nH]1)C(=O)NC(CS)C(=O)NC(CCC(N)=O)C(=O)O. The van der Waals surface area contributed by atoms with Crippen LogP contribution in [0.1, 0.15) is 31.4 Å². The number of aliphatic carboxylic acids is 1. The lowest BCUT2D eigenvalue weighted by molar-refractivity contribution is -0.142. The van der Waals surface area contributed by atoms with Gasteiger partial charge < -0.3 is 43.2 Å². The van der Waals surface area contributed by atoms with Crippen LogP contribution in [0.2, 0.25) is 0 Å². The fourth-order valence-electron chi connectivity index (χ4n) is 2.82. The van der Waals surface area contributed by atoms with Crippen LogP contribution in [-0.2, 0) is 35.2 Å². The van der Waals surface area contributed by atoms with Crippen molar-refractivity contribution < 1.29 is 33.9 Å². The lowest BCUT2D eigenvalue weighted by Crippen LogP contribution is -2.58. The number of carbonyl (C=O) groups is 6. The number of carboxylic acids is 1. The molecule has 16 heteroatoms. The van der Waals surface area contributed by atoms with Crippen LogP contribution < -0.4 is 33.2 Å². The van der Waals surface area contributed by atoms with Gasteiger partial charge in [-0.3, -0.25) is 24.0 Å². The van der Waals surface area contributed by atoms with Crippen LogP contribution >= 0.6 is 12.6 Å². The van der Waals surface area contributed by atoms with E-state index in [1.165, 1.54) is 12.5 Å². The Bertz CT molecular complexity index is 911. The first-order valence-electron chi connectivity index (χ1n) is 10.5. The minimum Gasteiger partial charge on any atom is -0.480 e. The van der Waals surface area contributed by atoms with Gasteiger partial charge in [-0.2, -0.15) is 12.6 Å². The van der Waals surface area contributed by atoms with Crippen molar-refractivity contribution in [1.29, 1.82) is 0 Å². The molecular formula is C19H30N8O7S. The molecule has 15 nitrogen and oxygen atoms in total. The molecule has 1 aromatic rings. The van der Waals surface area contributed by atoms with Crippen LogP contribution in [0.4, 0.5) is 0 Å². The van der Waals surface area contributed by atoms with E-state index in [0.29, 0.717) is 5.69 Å². The third-order valence-electron chi connectivity index (χ3n) is 4.76. The molecule has 35 heavy (non-hydrogen) atoms. The van der Waals surface area contributed by atoms with Crippen molar-refractivity contribution in [2.24, 2.45) is 17.2 Å². The fraction of sp³-hybridized carbons (Fsp3) is 0.526. The molecule has 1 heterocycles. The number of nitrogens with two attached hydrogens (primary N) is 3. The number of thiol groups is 1. The minimum atomic E-state index is -1.42. The van der Waals surface area contributed by atoms with Crippen LogP contribution in [0.15, 0.2) is 12.5 Å². The molecule has 0 bridgehead atoms. The van der Waals surface area contributed by atoms with Gasteiger partial charge in [0.25, 0.3) is 0 Å². The third kappa shape index (κ3) is 10.9. The molecule has 5 amide bonds. The summed E-state index contributed by atoms with van der Waals surface area (Å²) in [6.07, 6.45) is 2.06. The normalized spacial score (nSPS) is 14.1. The van der Waals surface area contributed by atoms with Crippen LogP contribution in [0, 0.1) is 0 Å². The summed E-state index contributed by atoms with van der Waals surface area (Å²) in [5.41, 5.74) is 16.3. The number of aromatic nitrogens is 2. The van der Waals surface area contributed by atoms with Crippen LogP contribution in [0.5, 0.6) is 0 Å². The van der Waals surface area contributed by atoms with E-state index >= 15 is 0 Å². The second-order valence-corrected chi connectivity index (χ2v) is 7.97. The lowest BCUT2D eigenvalue weighted by atomic mass is 10.1. The van der Waals surface area contributed by atoms with Crippen LogP contribution in [0.25, 0.3) is 0 Å². The van der Waals surface area contributed by atoms with Gasteiger partial charge in [0.05, 0.1) is 12.4 Å². The molecule has 4 atom stereocenters. The molecule has 11 N–H and O–H groups in total. The summed E-state index contributed by atoms with van der Waals surface area (Å²) in [4.78, 5) is 77.8. The molecule has 0 aliphatic carbocycles. The van der Waals surface area contributed by atoms with Gasteiger partial charge in [0, 0.05) is 36.9 Å². The number of H-pyrrole nitrogens is 1. The zero-order chi connectivity index (χ0) is 26.5. The van der Waals surface area contributed by atoms with E-state index in [1.807, 2.05) is 0 Å². The molecule has 0 aliphatic rings. The van der Waals surface area contributed by atoms with Crippen molar-refractivity contribution in [1.82, 2.24) is 25.9 Å². The smallest absolute Gasteiger partial charge is 0.326 e. The maximum absolute atomic E-state index is 12.9.